The first-order chi connectivity index (χ1) is 13.1. The third kappa shape index (κ3) is 3.05. The van der Waals surface area contributed by atoms with Gasteiger partial charge in [-0.3, -0.25) is 9.69 Å². The fraction of sp³-hybridized carbons (Fsp3) is 0.250. The number of ether oxygens (including phenoxy) is 1. The van der Waals surface area contributed by atoms with E-state index in [4.69, 9.17) is 4.74 Å². The molecule has 0 unspecified atom stereocenters. The maximum Gasteiger partial charge on any atom is 0.231 e. The Morgan fingerprint density at radius 3 is 2.33 bits per heavy atom. The summed E-state index contributed by atoms with van der Waals surface area (Å²) in [5.74, 6) is 0.846. The number of halogens is 1. The minimum atomic E-state index is -0.287. The monoisotopic (exact) mass is 366 g/mol. The fourth-order valence-corrected chi connectivity index (χ4v) is 3.63. The van der Waals surface area contributed by atoms with Gasteiger partial charge >= 0.3 is 0 Å². The molecule has 0 aliphatic carbocycles. The van der Waals surface area contributed by atoms with E-state index in [-0.39, 0.29) is 23.8 Å². The molecule has 0 spiro atoms. The molecule has 3 aromatic rings. The van der Waals surface area contributed by atoms with Crippen LogP contribution in [0.3, 0.4) is 0 Å². The van der Waals surface area contributed by atoms with Gasteiger partial charge in [0.25, 0.3) is 0 Å². The molecule has 0 N–H and O–H groups in total. The number of aromatic nitrogens is 3. The number of hydrogen-bond acceptors (Lipinski definition) is 4. The second-order valence-electron chi connectivity index (χ2n) is 6.49. The molecule has 6 nitrogen and oxygen atoms in total. The highest BCUT2D eigenvalue weighted by molar-refractivity contribution is 5.90. The summed E-state index contributed by atoms with van der Waals surface area (Å²) in [5, 5.41) is 4.32. The van der Waals surface area contributed by atoms with E-state index in [1.54, 1.807) is 28.8 Å². The summed E-state index contributed by atoms with van der Waals surface area (Å²) in [6.07, 6.45) is 2.05. The van der Waals surface area contributed by atoms with Gasteiger partial charge in [-0.2, -0.15) is 10.1 Å². The predicted octanol–water partition coefficient (Wildman–Crippen LogP) is 3.51. The third-order valence-electron chi connectivity index (χ3n) is 4.92. The lowest BCUT2D eigenvalue weighted by atomic mass is 9.92. The van der Waals surface area contributed by atoms with Crippen LogP contribution < -0.4 is 9.64 Å². The quantitative estimate of drug-likeness (QED) is 0.712. The summed E-state index contributed by atoms with van der Waals surface area (Å²) in [5.41, 5.74) is 1.90. The van der Waals surface area contributed by atoms with Crippen LogP contribution in [0.2, 0.25) is 0 Å². The molecule has 27 heavy (non-hydrogen) atoms. The van der Waals surface area contributed by atoms with Gasteiger partial charge in [0.05, 0.1) is 19.2 Å². The van der Waals surface area contributed by atoms with E-state index in [0.29, 0.717) is 12.4 Å². The molecular weight excluding hydrogens is 347 g/mol. The summed E-state index contributed by atoms with van der Waals surface area (Å²) in [6.45, 7) is 1.52. The molecule has 4 rings (SSSR count). The van der Waals surface area contributed by atoms with Crippen LogP contribution in [0.15, 0.2) is 54.9 Å². The van der Waals surface area contributed by atoms with Crippen LogP contribution in [0.4, 0.5) is 10.3 Å². The Labute approximate surface area is 156 Å². The van der Waals surface area contributed by atoms with Crippen molar-refractivity contribution in [3.05, 3.63) is 71.8 Å². The van der Waals surface area contributed by atoms with Crippen molar-refractivity contribution in [2.45, 2.75) is 25.4 Å². The molecule has 1 aromatic heterocycles. The summed E-state index contributed by atoms with van der Waals surface area (Å²) < 4.78 is 20.3. The lowest BCUT2D eigenvalue weighted by Gasteiger charge is -2.38. The Balaban J connectivity index is 1.80. The second kappa shape index (κ2) is 6.83. The van der Waals surface area contributed by atoms with E-state index < -0.39 is 0 Å². The topological polar surface area (TPSA) is 60.2 Å². The highest BCUT2D eigenvalue weighted by Crippen LogP contribution is 2.41. The molecule has 1 amide bonds. The zero-order valence-corrected chi connectivity index (χ0v) is 15.0. The van der Waals surface area contributed by atoms with Crippen LogP contribution >= 0.6 is 0 Å². The molecule has 2 heterocycles. The molecule has 0 fully saturated rings. The van der Waals surface area contributed by atoms with Crippen molar-refractivity contribution in [2.75, 3.05) is 12.0 Å². The zero-order chi connectivity index (χ0) is 19.0. The molecule has 2 aromatic carbocycles. The highest BCUT2D eigenvalue weighted by atomic mass is 19.1. The Bertz CT molecular complexity index is 953. The van der Waals surface area contributed by atoms with Crippen molar-refractivity contribution < 1.29 is 13.9 Å². The third-order valence-corrected chi connectivity index (χ3v) is 4.92. The molecule has 0 radical (unpaired) electrons. The van der Waals surface area contributed by atoms with Crippen LogP contribution in [0.5, 0.6) is 5.75 Å². The maximum atomic E-state index is 13.4. The number of nitrogens with zero attached hydrogens (tertiary/aromatic N) is 4. The summed E-state index contributed by atoms with van der Waals surface area (Å²) in [7, 11) is 1.62. The normalized spacial score (nSPS) is 18.9. The summed E-state index contributed by atoms with van der Waals surface area (Å²) >= 11 is 0. The second-order valence-corrected chi connectivity index (χ2v) is 6.49. The molecule has 1 aliphatic rings. The van der Waals surface area contributed by atoms with Gasteiger partial charge in [-0.15, -0.1) is 0 Å². The van der Waals surface area contributed by atoms with Crippen molar-refractivity contribution >= 4 is 11.9 Å². The van der Waals surface area contributed by atoms with Crippen LogP contribution in [-0.4, -0.2) is 27.8 Å². The van der Waals surface area contributed by atoms with E-state index in [0.717, 1.165) is 16.9 Å². The van der Waals surface area contributed by atoms with Gasteiger partial charge in [0, 0.05) is 6.92 Å². The first-order valence-corrected chi connectivity index (χ1v) is 8.67. The number of amides is 1. The molecule has 0 saturated heterocycles. The minimum Gasteiger partial charge on any atom is -0.497 e. The number of fused-ring (bicyclic) bond motifs is 1. The molecule has 138 valence electrons. The Morgan fingerprint density at radius 2 is 1.70 bits per heavy atom. The van der Waals surface area contributed by atoms with Gasteiger partial charge in [0.15, 0.2) is 0 Å². The number of carbonyl (C=O) groups is 1. The van der Waals surface area contributed by atoms with Crippen LogP contribution in [0.25, 0.3) is 0 Å². The van der Waals surface area contributed by atoms with Crippen LogP contribution in [-0.2, 0) is 4.79 Å². The Morgan fingerprint density at radius 1 is 1.07 bits per heavy atom. The number of hydrogen-bond donors (Lipinski definition) is 0. The highest BCUT2D eigenvalue weighted by Gasteiger charge is 2.38. The van der Waals surface area contributed by atoms with Gasteiger partial charge < -0.3 is 4.74 Å². The number of rotatable bonds is 3. The molecular formula is C20H19FN4O2. The average Bonchev–Trinajstić information content (AvgIpc) is 3.17. The smallest absolute Gasteiger partial charge is 0.231 e. The van der Waals surface area contributed by atoms with E-state index >= 15 is 0 Å². The van der Waals surface area contributed by atoms with Crippen molar-refractivity contribution in [1.29, 1.82) is 0 Å². The molecule has 2 atom stereocenters. The maximum absolute atomic E-state index is 13.4. The van der Waals surface area contributed by atoms with Gasteiger partial charge in [-0.25, -0.2) is 9.07 Å². The lowest BCUT2D eigenvalue weighted by Crippen LogP contribution is -2.41. The van der Waals surface area contributed by atoms with E-state index in [2.05, 4.69) is 10.1 Å². The summed E-state index contributed by atoms with van der Waals surface area (Å²) in [4.78, 5) is 18.4. The van der Waals surface area contributed by atoms with E-state index in [1.165, 1.54) is 25.4 Å². The summed E-state index contributed by atoms with van der Waals surface area (Å²) in [6, 6.07) is 13.7. The average molecular weight is 366 g/mol. The number of carbonyl (C=O) groups excluding carboxylic acids is 1. The number of benzene rings is 2. The fourth-order valence-electron chi connectivity index (χ4n) is 3.63. The van der Waals surface area contributed by atoms with Gasteiger partial charge in [0.2, 0.25) is 11.9 Å². The minimum absolute atomic E-state index is 0.109. The van der Waals surface area contributed by atoms with E-state index in [1.807, 2.05) is 24.3 Å². The van der Waals surface area contributed by atoms with Crippen molar-refractivity contribution in [3.63, 3.8) is 0 Å². The number of anilines is 1. The van der Waals surface area contributed by atoms with Gasteiger partial charge in [-0.1, -0.05) is 24.3 Å². The zero-order valence-electron chi connectivity index (χ0n) is 15.0. The SMILES string of the molecule is COc1ccc([C@H]2C[C@H](c3ccc(F)cc3)n3ncnc3N2C(C)=O)cc1. The molecule has 7 heteroatoms. The molecule has 0 saturated carbocycles. The molecule has 1 aliphatic heterocycles. The molecule has 0 bridgehead atoms. The van der Waals surface area contributed by atoms with Crippen molar-refractivity contribution in [3.8, 4) is 5.75 Å². The van der Waals surface area contributed by atoms with Crippen LogP contribution in [0.1, 0.15) is 36.6 Å². The van der Waals surface area contributed by atoms with E-state index in [9.17, 15) is 9.18 Å². The first kappa shape index (κ1) is 17.2. The van der Waals surface area contributed by atoms with Crippen molar-refractivity contribution in [1.82, 2.24) is 14.8 Å². The van der Waals surface area contributed by atoms with Gasteiger partial charge in [0.1, 0.15) is 17.9 Å². The van der Waals surface area contributed by atoms with Crippen LogP contribution in [0, 0.1) is 5.82 Å². The first-order valence-electron chi connectivity index (χ1n) is 8.67. The standard InChI is InChI=1S/C20H19FN4O2/c1-13(26)24-18(14-5-9-17(27-2)10-6-14)11-19(25-20(24)22-12-23-25)15-3-7-16(21)8-4-15/h3-10,12,18-19H,11H2,1-2H3/t18-,19-/m1/s1. The largest absolute Gasteiger partial charge is 0.497 e. The van der Waals surface area contributed by atoms with Gasteiger partial charge in [-0.05, 0) is 41.8 Å². The Hall–Kier alpha value is -3.22. The predicted molar refractivity (Wildman–Crippen MR) is 98.1 cm³/mol. The van der Waals surface area contributed by atoms with Crippen molar-refractivity contribution in [2.24, 2.45) is 0 Å². The Kier molecular flexibility index (Phi) is 4.35. The lowest BCUT2D eigenvalue weighted by molar-refractivity contribution is -0.117. The number of methoxy groups -OCH3 is 1.